The van der Waals surface area contributed by atoms with Crippen LogP contribution in [0.25, 0.3) is 0 Å². The van der Waals surface area contributed by atoms with Gasteiger partial charge in [-0.05, 0) is 31.0 Å². The van der Waals surface area contributed by atoms with E-state index in [-0.39, 0.29) is 11.0 Å². The van der Waals surface area contributed by atoms with Gasteiger partial charge >= 0.3 is 5.97 Å². The lowest BCUT2D eigenvalue weighted by Gasteiger charge is -2.12. The van der Waals surface area contributed by atoms with Crippen molar-refractivity contribution in [2.24, 2.45) is 0 Å². The maximum absolute atomic E-state index is 12.0. The standard InChI is InChI=1S/C12H15NO6S/c14-11-6-5-9(7-10(11)12(15)16)20(17,18)13-19-8-3-1-2-4-8/h5-8,13-14H,1-4H2,(H,15,16). The third-order valence-corrected chi connectivity index (χ3v) is 4.33. The fourth-order valence-electron chi connectivity index (χ4n) is 2.04. The maximum atomic E-state index is 12.0. The smallest absolute Gasteiger partial charge is 0.339 e. The number of rotatable bonds is 5. The first-order chi connectivity index (χ1) is 9.40. The van der Waals surface area contributed by atoms with Crippen LogP contribution in [0.3, 0.4) is 0 Å². The monoisotopic (exact) mass is 301 g/mol. The minimum atomic E-state index is -3.97. The summed E-state index contributed by atoms with van der Waals surface area (Å²) in [5, 5.41) is 18.2. The van der Waals surface area contributed by atoms with Crippen LogP contribution < -0.4 is 4.89 Å². The van der Waals surface area contributed by atoms with E-state index in [2.05, 4.69) is 0 Å². The normalized spacial score (nSPS) is 16.4. The number of phenols is 1. The molecule has 1 aliphatic rings. The molecular weight excluding hydrogens is 286 g/mol. The van der Waals surface area contributed by atoms with E-state index in [9.17, 15) is 18.3 Å². The Labute approximate surface area is 116 Å². The van der Waals surface area contributed by atoms with Crippen molar-refractivity contribution in [1.29, 1.82) is 0 Å². The van der Waals surface area contributed by atoms with Gasteiger partial charge in [0.1, 0.15) is 11.3 Å². The molecule has 0 spiro atoms. The minimum absolute atomic E-state index is 0.152. The molecule has 0 radical (unpaired) electrons. The van der Waals surface area contributed by atoms with Gasteiger partial charge in [0.05, 0.1) is 11.0 Å². The third kappa shape index (κ3) is 3.27. The first-order valence-corrected chi connectivity index (χ1v) is 7.62. The van der Waals surface area contributed by atoms with E-state index < -0.39 is 27.3 Å². The molecule has 7 nitrogen and oxygen atoms in total. The number of aromatic carboxylic acids is 1. The van der Waals surface area contributed by atoms with Crippen LogP contribution in [0.5, 0.6) is 5.75 Å². The Bertz CT molecular complexity index is 606. The van der Waals surface area contributed by atoms with Crippen LogP contribution in [-0.2, 0) is 14.9 Å². The summed E-state index contributed by atoms with van der Waals surface area (Å²) in [6, 6.07) is 3.02. The highest BCUT2D eigenvalue weighted by Crippen LogP contribution is 2.23. The number of carbonyl (C=O) groups is 1. The summed E-state index contributed by atoms with van der Waals surface area (Å²) >= 11 is 0. The van der Waals surface area contributed by atoms with Crippen molar-refractivity contribution in [3.63, 3.8) is 0 Å². The van der Waals surface area contributed by atoms with Gasteiger partial charge in [0.15, 0.2) is 0 Å². The fourth-order valence-corrected chi connectivity index (χ4v) is 2.92. The van der Waals surface area contributed by atoms with Crippen molar-refractivity contribution in [2.45, 2.75) is 36.7 Å². The molecule has 0 aliphatic heterocycles. The van der Waals surface area contributed by atoms with Gasteiger partial charge in [0.25, 0.3) is 10.0 Å². The molecular formula is C12H15NO6S. The van der Waals surface area contributed by atoms with E-state index >= 15 is 0 Å². The topological polar surface area (TPSA) is 113 Å². The number of carboxylic acids is 1. The van der Waals surface area contributed by atoms with Crippen molar-refractivity contribution in [3.05, 3.63) is 23.8 Å². The molecule has 0 heterocycles. The molecule has 2 rings (SSSR count). The van der Waals surface area contributed by atoms with Crippen LogP contribution >= 0.6 is 0 Å². The molecule has 0 aromatic heterocycles. The number of carboxylic acid groups (broad SMARTS) is 1. The largest absolute Gasteiger partial charge is 0.507 e. The summed E-state index contributed by atoms with van der Waals surface area (Å²) in [5.74, 6) is -1.90. The molecule has 1 aliphatic carbocycles. The summed E-state index contributed by atoms with van der Waals surface area (Å²) in [6.07, 6.45) is 3.42. The van der Waals surface area contributed by atoms with Crippen LogP contribution in [0.1, 0.15) is 36.0 Å². The summed E-state index contributed by atoms with van der Waals surface area (Å²) in [4.78, 5) is 17.7. The summed E-state index contributed by atoms with van der Waals surface area (Å²) in [5.41, 5.74) is -0.478. The number of hydrogen-bond acceptors (Lipinski definition) is 5. The minimum Gasteiger partial charge on any atom is -0.507 e. The summed E-state index contributed by atoms with van der Waals surface area (Å²) < 4.78 is 23.9. The molecule has 3 N–H and O–H groups in total. The first kappa shape index (κ1) is 14.8. The second-order valence-corrected chi connectivity index (χ2v) is 6.24. The molecule has 1 aromatic carbocycles. The molecule has 8 heteroatoms. The Balaban J connectivity index is 2.16. The van der Waals surface area contributed by atoms with E-state index in [0.717, 1.165) is 43.9 Å². The number of hydrogen-bond donors (Lipinski definition) is 3. The third-order valence-electron chi connectivity index (χ3n) is 3.14. The Morgan fingerprint density at radius 3 is 2.55 bits per heavy atom. The molecule has 1 saturated carbocycles. The van der Waals surface area contributed by atoms with Crippen molar-refractivity contribution in [3.8, 4) is 5.75 Å². The van der Waals surface area contributed by atoms with Gasteiger partial charge in [-0.1, -0.05) is 17.7 Å². The summed E-state index contributed by atoms with van der Waals surface area (Å²) in [6.45, 7) is 0. The Kier molecular flexibility index (Phi) is 4.26. The van der Waals surface area contributed by atoms with E-state index in [4.69, 9.17) is 9.94 Å². The summed E-state index contributed by atoms with van der Waals surface area (Å²) in [7, 11) is -3.97. The van der Waals surface area contributed by atoms with Gasteiger partial charge in [0, 0.05) is 0 Å². The quantitative estimate of drug-likeness (QED) is 0.705. The molecule has 1 fully saturated rings. The highest BCUT2D eigenvalue weighted by atomic mass is 32.2. The average Bonchev–Trinajstić information content (AvgIpc) is 2.89. The van der Waals surface area contributed by atoms with Crippen molar-refractivity contribution in [1.82, 2.24) is 4.89 Å². The highest BCUT2D eigenvalue weighted by molar-refractivity contribution is 7.89. The van der Waals surface area contributed by atoms with E-state index in [0.29, 0.717) is 0 Å². The SMILES string of the molecule is O=C(O)c1cc(S(=O)(=O)NOC2CCCC2)ccc1O. The predicted molar refractivity (Wildman–Crippen MR) is 68.7 cm³/mol. The Hall–Kier alpha value is -1.64. The van der Waals surface area contributed by atoms with E-state index in [1.807, 2.05) is 4.89 Å². The van der Waals surface area contributed by atoms with Gasteiger partial charge in [-0.15, -0.1) is 0 Å². The first-order valence-electron chi connectivity index (χ1n) is 6.14. The fraction of sp³-hybridized carbons (Fsp3) is 0.417. The van der Waals surface area contributed by atoms with E-state index in [1.54, 1.807) is 0 Å². The van der Waals surface area contributed by atoms with Gasteiger partial charge in [0.2, 0.25) is 0 Å². The Morgan fingerprint density at radius 1 is 1.30 bits per heavy atom. The second-order valence-electron chi connectivity index (χ2n) is 4.60. The molecule has 0 unspecified atom stereocenters. The number of nitrogens with one attached hydrogen (secondary N) is 1. The zero-order valence-electron chi connectivity index (χ0n) is 10.6. The lowest BCUT2D eigenvalue weighted by atomic mass is 10.2. The average molecular weight is 301 g/mol. The van der Waals surface area contributed by atoms with Gasteiger partial charge in [-0.2, -0.15) is 0 Å². The van der Waals surface area contributed by atoms with Crippen LogP contribution in [0, 0.1) is 0 Å². The second kappa shape index (κ2) is 5.78. The molecule has 0 amide bonds. The Morgan fingerprint density at radius 2 is 1.95 bits per heavy atom. The van der Waals surface area contributed by atoms with Crippen molar-refractivity contribution >= 4 is 16.0 Å². The van der Waals surface area contributed by atoms with E-state index in [1.165, 1.54) is 0 Å². The lowest BCUT2D eigenvalue weighted by Crippen LogP contribution is -2.28. The zero-order chi connectivity index (χ0) is 14.8. The van der Waals surface area contributed by atoms with Crippen LogP contribution in [0.4, 0.5) is 0 Å². The lowest BCUT2D eigenvalue weighted by molar-refractivity contribution is 0.0223. The zero-order valence-corrected chi connectivity index (χ0v) is 11.4. The highest BCUT2D eigenvalue weighted by Gasteiger charge is 2.22. The van der Waals surface area contributed by atoms with Crippen molar-refractivity contribution in [2.75, 3.05) is 0 Å². The van der Waals surface area contributed by atoms with Crippen molar-refractivity contribution < 1.29 is 28.3 Å². The molecule has 20 heavy (non-hydrogen) atoms. The van der Waals surface area contributed by atoms with Gasteiger partial charge < -0.3 is 10.2 Å². The van der Waals surface area contributed by atoms with Gasteiger partial charge in [-0.25, -0.2) is 13.2 Å². The molecule has 0 atom stereocenters. The molecule has 0 saturated heterocycles. The number of benzene rings is 1. The predicted octanol–water partition coefficient (Wildman–Crippen LogP) is 1.24. The molecule has 110 valence electrons. The number of aromatic hydroxyl groups is 1. The maximum Gasteiger partial charge on any atom is 0.339 e. The van der Waals surface area contributed by atoms with Gasteiger partial charge in [-0.3, -0.25) is 4.84 Å². The van der Waals surface area contributed by atoms with Crippen LogP contribution in [0.2, 0.25) is 0 Å². The number of sulfonamides is 1. The molecule has 1 aromatic rings. The van der Waals surface area contributed by atoms with Crippen LogP contribution in [-0.4, -0.2) is 30.7 Å². The molecule has 0 bridgehead atoms. The van der Waals surface area contributed by atoms with Crippen LogP contribution in [0.15, 0.2) is 23.1 Å².